The number of allylic oxidation sites excluding steroid dienone is 1. The molecule has 23 heavy (non-hydrogen) atoms. The van der Waals surface area contributed by atoms with Crippen LogP contribution in [-0.4, -0.2) is 32.0 Å². The van der Waals surface area contributed by atoms with E-state index in [1.54, 1.807) is 0 Å². The number of hydrogen-bond donors (Lipinski definition) is 1. The van der Waals surface area contributed by atoms with Crippen LogP contribution >= 0.6 is 0 Å². The topological polar surface area (TPSA) is 47.6 Å². The molecule has 1 saturated heterocycles. The van der Waals surface area contributed by atoms with Crippen LogP contribution in [0.15, 0.2) is 24.3 Å². The molecule has 1 fully saturated rings. The predicted molar refractivity (Wildman–Crippen MR) is 92.2 cm³/mol. The van der Waals surface area contributed by atoms with Crippen LogP contribution in [0.2, 0.25) is 0 Å². The lowest BCUT2D eigenvalue weighted by Gasteiger charge is -2.54. The van der Waals surface area contributed by atoms with Crippen LogP contribution < -0.4 is 5.32 Å². The maximum atomic E-state index is 11.9. The number of nitrogens with one attached hydrogen (secondary N) is 1. The molecule has 4 heteroatoms. The van der Waals surface area contributed by atoms with Gasteiger partial charge in [-0.25, -0.2) is 4.79 Å². The normalized spacial score (nSPS) is 36.1. The highest BCUT2D eigenvalue weighted by Gasteiger charge is 2.53. The summed E-state index contributed by atoms with van der Waals surface area (Å²) >= 11 is 0. The first-order valence-electron chi connectivity index (χ1n) is 8.79. The minimum Gasteiger partial charge on any atom is -0.449 e. The first kappa shape index (κ1) is 18.1. The molecule has 1 amide bonds. The summed E-state index contributed by atoms with van der Waals surface area (Å²) in [5, 5.41) is 2.82. The Hall–Kier alpha value is -1.29. The van der Waals surface area contributed by atoms with Crippen molar-refractivity contribution in [3.8, 4) is 0 Å². The van der Waals surface area contributed by atoms with Gasteiger partial charge in [-0.1, -0.05) is 44.9 Å². The Morgan fingerprint density at radius 1 is 1.57 bits per heavy atom. The maximum Gasteiger partial charge on any atom is 0.407 e. The largest absolute Gasteiger partial charge is 0.449 e. The molecule has 0 saturated carbocycles. The second-order valence-corrected chi connectivity index (χ2v) is 7.11. The third kappa shape index (κ3) is 3.47. The third-order valence-corrected chi connectivity index (χ3v) is 5.79. The molecule has 1 heterocycles. The van der Waals surface area contributed by atoms with E-state index in [1.165, 1.54) is 5.57 Å². The molecule has 1 aliphatic heterocycles. The maximum absolute atomic E-state index is 11.9. The van der Waals surface area contributed by atoms with Crippen LogP contribution in [0, 0.1) is 23.2 Å². The van der Waals surface area contributed by atoms with Crippen molar-refractivity contribution in [2.45, 2.75) is 46.6 Å². The number of amides is 1. The zero-order valence-electron chi connectivity index (χ0n) is 14.9. The molecule has 4 nitrogen and oxygen atoms in total. The molecule has 0 radical (unpaired) electrons. The molecule has 1 N–H and O–H groups in total. The van der Waals surface area contributed by atoms with Gasteiger partial charge in [-0.05, 0) is 25.2 Å². The predicted octanol–water partition coefficient (Wildman–Crippen LogP) is 3.93. The van der Waals surface area contributed by atoms with Gasteiger partial charge in [0.2, 0.25) is 0 Å². The second-order valence-electron chi connectivity index (χ2n) is 7.11. The third-order valence-electron chi connectivity index (χ3n) is 5.79. The monoisotopic (exact) mass is 321 g/mol. The van der Waals surface area contributed by atoms with Gasteiger partial charge >= 0.3 is 6.09 Å². The fraction of sp³-hybridized carbons (Fsp3) is 0.737. The fourth-order valence-electron chi connectivity index (χ4n) is 4.14. The summed E-state index contributed by atoms with van der Waals surface area (Å²) in [7, 11) is 0. The van der Waals surface area contributed by atoms with Gasteiger partial charge in [0.25, 0.3) is 0 Å². The van der Waals surface area contributed by atoms with E-state index < -0.39 is 0 Å². The van der Waals surface area contributed by atoms with Crippen molar-refractivity contribution in [2.75, 3.05) is 19.8 Å². The van der Waals surface area contributed by atoms with Crippen LogP contribution in [0.5, 0.6) is 0 Å². The summed E-state index contributed by atoms with van der Waals surface area (Å²) in [5.41, 5.74) is 1.21. The molecule has 0 spiro atoms. The van der Waals surface area contributed by atoms with Crippen molar-refractivity contribution in [1.82, 2.24) is 5.32 Å². The highest BCUT2D eigenvalue weighted by atomic mass is 16.6. The fourth-order valence-corrected chi connectivity index (χ4v) is 4.14. The number of rotatable bonds is 6. The minimum absolute atomic E-state index is 0.0558. The van der Waals surface area contributed by atoms with Crippen LogP contribution in [0.25, 0.3) is 0 Å². The van der Waals surface area contributed by atoms with Crippen LogP contribution in [0.1, 0.15) is 40.5 Å². The summed E-state index contributed by atoms with van der Waals surface area (Å²) in [5.74, 6) is 1.04. The van der Waals surface area contributed by atoms with Gasteiger partial charge in [-0.2, -0.15) is 0 Å². The molecule has 5 atom stereocenters. The van der Waals surface area contributed by atoms with E-state index in [1.807, 2.05) is 6.08 Å². The molecule has 3 unspecified atom stereocenters. The number of alkyl carbamates (subject to hydrolysis) is 1. The Bertz CT molecular complexity index is 473. The standard InChI is InChI=1S/C19H31NO3/c1-6-8-9-20-18(21)23-12-19-11-22-16(7-2)17(15(19)5)13(3)10-14(19)4/h7,10,14-17H,2,6,8-9,11-12H2,1,3-5H3,(H,20,21)/t14?,15-,16?,17?,19-/m1/s1. The van der Waals surface area contributed by atoms with Crippen molar-refractivity contribution < 1.29 is 14.3 Å². The van der Waals surface area contributed by atoms with E-state index in [4.69, 9.17) is 9.47 Å². The number of fused-ring (bicyclic) bond motifs is 2. The lowest BCUT2D eigenvalue weighted by atomic mass is 9.56. The lowest BCUT2D eigenvalue weighted by molar-refractivity contribution is -0.148. The van der Waals surface area contributed by atoms with E-state index >= 15 is 0 Å². The molecule has 0 aromatic rings. The van der Waals surface area contributed by atoms with Crippen LogP contribution in [-0.2, 0) is 9.47 Å². The van der Waals surface area contributed by atoms with Crippen molar-refractivity contribution in [3.63, 3.8) is 0 Å². The van der Waals surface area contributed by atoms with Gasteiger partial charge in [0, 0.05) is 17.9 Å². The number of carbonyl (C=O) groups is 1. The first-order chi connectivity index (χ1) is 11.0. The molecule has 0 aromatic carbocycles. The summed E-state index contributed by atoms with van der Waals surface area (Å²) in [6, 6.07) is 0. The average Bonchev–Trinajstić information content (AvgIpc) is 2.52. The Morgan fingerprint density at radius 3 is 2.96 bits per heavy atom. The van der Waals surface area contributed by atoms with Crippen molar-refractivity contribution in [1.29, 1.82) is 0 Å². The van der Waals surface area contributed by atoms with E-state index in [0.717, 1.165) is 12.8 Å². The van der Waals surface area contributed by atoms with Gasteiger partial charge < -0.3 is 14.8 Å². The first-order valence-corrected chi connectivity index (χ1v) is 8.79. The zero-order chi connectivity index (χ0) is 17.0. The summed E-state index contributed by atoms with van der Waals surface area (Å²) < 4.78 is 11.6. The van der Waals surface area contributed by atoms with Gasteiger partial charge in [0.05, 0.1) is 12.7 Å². The van der Waals surface area contributed by atoms with Crippen molar-refractivity contribution in [3.05, 3.63) is 24.3 Å². The molecule has 2 aliphatic rings. The molecule has 2 bridgehead atoms. The second kappa shape index (κ2) is 7.52. The van der Waals surface area contributed by atoms with Crippen molar-refractivity contribution in [2.24, 2.45) is 23.2 Å². The molecular weight excluding hydrogens is 290 g/mol. The van der Waals surface area contributed by atoms with Gasteiger partial charge in [-0.3, -0.25) is 0 Å². The highest BCUT2D eigenvalue weighted by Crippen LogP contribution is 2.52. The van der Waals surface area contributed by atoms with Crippen LogP contribution in [0.3, 0.4) is 0 Å². The van der Waals surface area contributed by atoms with Gasteiger partial charge in [-0.15, -0.1) is 6.58 Å². The number of carbonyl (C=O) groups excluding carboxylic acids is 1. The Morgan fingerprint density at radius 2 is 2.30 bits per heavy atom. The lowest BCUT2D eigenvalue weighted by Crippen LogP contribution is -2.56. The molecule has 130 valence electrons. The van der Waals surface area contributed by atoms with Crippen molar-refractivity contribution >= 4 is 6.09 Å². The van der Waals surface area contributed by atoms with E-state index in [0.29, 0.717) is 37.5 Å². The number of hydrogen-bond acceptors (Lipinski definition) is 3. The summed E-state index contributed by atoms with van der Waals surface area (Å²) in [6.45, 7) is 14.3. The smallest absolute Gasteiger partial charge is 0.407 e. The van der Waals surface area contributed by atoms with Crippen LogP contribution in [0.4, 0.5) is 4.79 Å². The quantitative estimate of drug-likeness (QED) is 0.595. The number of ether oxygens (including phenoxy) is 2. The van der Waals surface area contributed by atoms with Gasteiger partial charge in [0.1, 0.15) is 6.61 Å². The Balaban J connectivity index is 2.07. The number of unbranched alkanes of at least 4 members (excludes halogenated alkanes) is 1. The molecule has 1 aliphatic carbocycles. The van der Waals surface area contributed by atoms with Gasteiger partial charge in [0.15, 0.2) is 0 Å². The van der Waals surface area contributed by atoms with E-state index in [9.17, 15) is 4.79 Å². The molecule has 0 aromatic heterocycles. The van der Waals surface area contributed by atoms with E-state index in [2.05, 4.69) is 45.7 Å². The zero-order valence-corrected chi connectivity index (χ0v) is 14.9. The molecule has 2 rings (SSSR count). The summed E-state index contributed by atoms with van der Waals surface area (Å²) in [6.07, 6.45) is 5.99. The minimum atomic E-state index is -0.319. The Labute approximate surface area is 140 Å². The highest BCUT2D eigenvalue weighted by molar-refractivity contribution is 5.67. The van der Waals surface area contributed by atoms with E-state index in [-0.39, 0.29) is 17.6 Å². The average molecular weight is 321 g/mol. The SMILES string of the molecule is C=CC1OC[C@@]2(COC(=O)NCCCC)C(C)C=C(C)C1[C@H]2C. The Kier molecular flexibility index (Phi) is 5.90. The molecular formula is C19H31NO3. The summed E-state index contributed by atoms with van der Waals surface area (Å²) in [4.78, 5) is 11.9.